The van der Waals surface area contributed by atoms with Crippen LogP contribution in [0.15, 0.2) is 53.1 Å². The van der Waals surface area contributed by atoms with Crippen molar-refractivity contribution >= 4 is 11.9 Å². The summed E-state index contributed by atoms with van der Waals surface area (Å²) in [6.45, 7) is 16.1. The van der Waals surface area contributed by atoms with Crippen LogP contribution in [-0.4, -0.2) is 42.4 Å². The van der Waals surface area contributed by atoms with Gasteiger partial charge in [-0.25, -0.2) is 4.79 Å². The van der Waals surface area contributed by atoms with Gasteiger partial charge in [-0.3, -0.25) is 4.79 Å². The van der Waals surface area contributed by atoms with E-state index in [9.17, 15) is 14.7 Å². The molecule has 0 saturated heterocycles. The van der Waals surface area contributed by atoms with Crippen molar-refractivity contribution in [2.45, 2.75) is 125 Å². The van der Waals surface area contributed by atoms with Crippen molar-refractivity contribution in [3.8, 4) is 0 Å². The molecule has 0 bridgehead atoms. The third kappa shape index (κ3) is 5.95. The Hall–Kier alpha value is -2.44. The highest BCUT2D eigenvalue weighted by atomic mass is 16.5. The summed E-state index contributed by atoms with van der Waals surface area (Å²) in [7, 11) is 1.43. The Labute approximate surface area is 271 Å². The average molecular weight is 620 g/mol. The number of aliphatic hydroxyl groups is 1. The maximum absolute atomic E-state index is 13.4. The molecule has 0 radical (unpaired) electrons. The Balaban J connectivity index is 1.48. The van der Waals surface area contributed by atoms with Crippen LogP contribution >= 0.6 is 0 Å². The van der Waals surface area contributed by atoms with Crippen LogP contribution in [0.5, 0.6) is 0 Å². The van der Waals surface area contributed by atoms with E-state index in [0.717, 1.165) is 37.8 Å². The fraction of sp³-hybridized carbons (Fsp3) is 0.692. The zero-order valence-corrected chi connectivity index (χ0v) is 28.9. The maximum Gasteiger partial charge on any atom is 0.333 e. The lowest BCUT2D eigenvalue weighted by Gasteiger charge is -2.69. The van der Waals surface area contributed by atoms with E-state index in [1.165, 1.54) is 25.2 Å². The van der Waals surface area contributed by atoms with Gasteiger partial charge in [0.25, 0.3) is 0 Å². The van der Waals surface area contributed by atoms with Crippen LogP contribution in [0, 0.1) is 39.9 Å². The second-order valence-electron chi connectivity index (χ2n) is 15.7. The molecule has 4 aliphatic carbocycles. The third-order valence-corrected chi connectivity index (χ3v) is 13.2. The Morgan fingerprint density at radius 2 is 1.76 bits per heavy atom. The number of nitrogens with one attached hydrogen (secondary N) is 1. The monoisotopic (exact) mass is 619 g/mol. The molecule has 45 heavy (non-hydrogen) atoms. The van der Waals surface area contributed by atoms with Crippen molar-refractivity contribution in [2.24, 2.45) is 39.9 Å². The molecule has 248 valence electrons. The maximum atomic E-state index is 13.4. The molecule has 10 atom stereocenters. The van der Waals surface area contributed by atoms with Crippen LogP contribution < -0.4 is 5.32 Å². The standard InChI is InChI=1S/C39H57NO5/c1-24(2)13-12-16-28(36(43)44-8)34-30-21-32(42)35-37(5)19-18-31(40-23-27-14-10-9-11-15-27)25(3)29(37)17-20-38(35,6)39(30,7)22-33(34)45-26(4)41/h9-11,13-15,25,29-33,35,40,42H,12,16-23H2,1-8H3/b34-28-/t25-,29-,30-,31-,32+,33-,35-,37-,38-,39-/m0/s1. The molecular formula is C39H57NO5. The van der Waals surface area contributed by atoms with E-state index in [4.69, 9.17) is 9.47 Å². The number of esters is 2. The van der Waals surface area contributed by atoms with E-state index >= 15 is 0 Å². The number of carbonyl (C=O) groups excluding carboxylic acids is 2. The number of carbonyl (C=O) groups is 2. The normalized spacial score (nSPS) is 40.0. The Morgan fingerprint density at radius 3 is 2.40 bits per heavy atom. The minimum atomic E-state index is -0.496. The zero-order chi connectivity index (χ0) is 32.7. The van der Waals surface area contributed by atoms with Crippen molar-refractivity contribution in [1.82, 2.24) is 5.32 Å². The van der Waals surface area contributed by atoms with Gasteiger partial charge in [-0.15, -0.1) is 0 Å². The summed E-state index contributed by atoms with van der Waals surface area (Å²) in [4.78, 5) is 25.8. The number of rotatable bonds is 8. The number of benzene rings is 1. The van der Waals surface area contributed by atoms with Crippen LogP contribution in [0.1, 0.15) is 105 Å². The smallest absolute Gasteiger partial charge is 0.333 e. The first kappa shape index (κ1) is 33.9. The van der Waals surface area contributed by atoms with Gasteiger partial charge >= 0.3 is 11.9 Å². The number of methoxy groups -OCH3 is 1. The topological polar surface area (TPSA) is 84.9 Å². The van der Waals surface area contributed by atoms with E-state index in [0.29, 0.717) is 49.1 Å². The lowest BCUT2D eigenvalue weighted by Crippen LogP contribution is -2.66. The van der Waals surface area contributed by atoms with Gasteiger partial charge in [0, 0.05) is 25.1 Å². The van der Waals surface area contributed by atoms with Gasteiger partial charge in [-0.1, -0.05) is 69.7 Å². The summed E-state index contributed by atoms with van der Waals surface area (Å²) in [5.41, 5.74) is 3.63. The minimum Gasteiger partial charge on any atom is -0.466 e. The Bertz CT molecular complexity index is 1320. The predicted molar refractivity (Wildman–Crippen MR) is 178 cm³/mol. The number of allylic oxidation sites excluding steroid dienone is 2. The van der Waals surface area contributed by atoms with Crippen molar-refractivity contribution in [1.29, 1.82) is 0 Å². The second kappa shape index (κ2) is 13.0. The van der Waals surface area contributed by atoms with Crippen molar-refractivity contribution < 1.29 is 24.2 Å². The number of aliphatic hydroxyl groups excluding tert-OH is 1. The van der Waals surface area contributed by atoms with E-state index in [1.807, 2.05) is 0 Å². The Morgan fingerprint density at radius 1 is 1.04 bits per heavy atom. The quantitative estimate of drug-likeness (QED) is 0.178. The van der Waals surface area contributed by atoms with Gasteiger partial charge in [0.1, 0.15) is 6.10 Å². The lowest BCUT2D eigenvalue weighted by molar-refractivity contribution is -0.227. The van der Waals surface area contributed by atoms with Gasteiger partial charge in [0.15, 0.2) is 0 Å². The fourth-order valence-corrected chi connectivity index (χ4v) is 11.1. The summed E-state index contributed by atoms with van der Waals surface area (Å²) in [5.74, 6) is 0.418. The van der Waals surface area contributed by atoms with Gasteiger partial charge in [-0.05, 0) is 116 Å². The summed E-state index contributed by atoms with van der Waals surface area (Å²) in [5, 5.41) is 16.2. The summed E-state index contributed by atoms with van der Waals surface area (Å²) in [6, 6.07) is 11.1. The molecule has 5 rings (SSSR count). The van der Waals surface area contributed by atoms with Crippen molar-refractivity contribution in [3.05, 3.63) is 58.7 Å². The zero-order valence-electron chi connectivity index (χ0n) is 28.9. The van der Waals surface area contributed by atoms with Crippen LogP contribution in [0.2, 0.25) is 0 Å². The molecule has 0 aliphatic heterocycles. The molecule has 0 aromatic heterocycles. The number of fused-ring (bicyclic) bond motifs is 5. The molecule has 4 fully saturated rings. The van der Waals surface area contributed by atoms with Gasteiger partial charge in [0.2, 0.25) is 0 Å². The molecule has 4 saturated carbocycles. The van der Waals surface area contributed by atoms with E-state index in [2.05, 4.69) is 83.3 Å². The molecule has 2 N–H and O–H groups in total. The van der Waals surface area contributed by atoms with Gasteiger partial charge in [0.05, 0.1) is 13.2 Å². The summed E-state index contributed by atoms with van der Waals surface area (Å²) < 4.78 is 11.4. The first-order valence-corrected chi connectivity index (χ1v) is 17.3. The molecule has 0 heterocycles. The summed E-state index contributed by atoms with van der Waals surface area (Å²) in [6.07, 6.45) is 7.97. The largest absolute Gasteiger partial charge is 0.466 e. The Kier molecular flexibility index (Phi) is 9.79. The first-order chi connectivity index (χ1) is 21.3. The first-order valence-electron chi connectivity index (χ1n) is 17.3. The predicted octanol–water partition coefficient (Wildman–Crippen LogP) is 7.55. The summed E-state index contributed by atoms with van der Waals surface area (Å²) >= 11 is 0. The van der Waals surface area contributed by atoms with Gasteiger partial charge in [-0.2, -0.15) is 0 Å². The number of ether oxygens (including phenoxy) is 2. The lowest BCUT2D eigenvalue weighted by atomic mass is 9.36. The van der Waals surface area contributed by atoms with Crippen LogP contribution in [0.3, 0.4) is 0 Å². The third-order valence-electron chi connectivity index (χ3n) is 13.2. The molecule has 1 aromatic rings. The fourth-order valence-electron chi connectivity index (χ4n) is 11.1. The number of hydrogen-bond donors (Lipinski definition) is 2. The number of hydrogen-bond acceptors (Lipinski definition) is 6. The van der Waals surface area contributed by atoms with Crippen LogP contribution in [0.4, 0.5) is 0 Å². The van der Waals surface area contributed by atoms with E-state index in [-0.39, 0.29) is 40.0 Å². The van der Waals surface area contributed by atoms with E-state index in [1.54, 1.807) is 0 Å². The molecule has 4 aliphatic rings. The SMILES string of the molecule is COC(=O)/C(CCC=C(C)C)=C1\[C@@H](OC(C)=O)C[C@@]2(C)[C@H]1C[C@@H](O)[C@H]1[C@@]3(C)CC[C@H](NCc4ccccc4)[C@@H](C)[C@@H]3CC[C@@]12C. The highest BCUT2D eigenvalue weighted by molar-refractivity contribution is 5.90. The van der Waals surface area contributed by atoms with Gasteiger partial charge < -0.3 is 19.9 Å². The minimum absolute atomic E-state index is 0.00274. The molecule has 1 aromatic carbocycles. The average Bonchev–Trinajstić information content (AvgIpc) is 3.26. The van der Waals surface area contributed by atoms with Crippen molar-refractivity contribution in [3.63, 3.8) is 0 Å². The van der Waals surface area contributed by atoms with Crippen LogP contribution in [-0.2, 0) is 25.6 Å². The molecular weight excluding hydrogens is 562 g/mol. The van der Waals surface area contributed by atoms with Crippen molar-refractivity contribution in [2.75, 3.05) is 7.11 Å². The van der Waals surface area contributed by atoms with E-state index < -0.39 is 12.2 Å². The molecule has 6 heteroatoms. The molecule has 0 amide bonds. The molecule has 6 nitrogen and oxygen atoms in total. The molecule has 0 spiro atoms. The molecule has 0 unspecified atom stereocenters. The van der Waals surface area contributed by atoms with Crippen LogP contribution in [0.25, 0.3) is 0 Å². The highest BCUT2D eigenvalue weighted by Gasteiger charge is 2.70. The highest BCUT2D eigenvalue weighted by Crippen LogP contribution is 2.74. The second-order valence-corrected chi connectivity index (χ2v) is 15.7.